The van der Waals surface area contributed by atoms with E-state index in [0.29, 0.717) is 4.90 Å². The van der Waals surface area contributed by atoms with Crippen LogP contribution in [0.4, 0.5) is 0 Å². The van der Waals surface area contributed by atoms with Crippen LogP contribution in [0.1, 0.15) is 51.0 Å². The number of hydrogen-bond donors (Lipinski definition) is 2. The molecule has 30 heavy (non-hydrogen) atoms. The van der Waals surface area contributed by atoms with Crippen molar-refractivity contribution in [1.82, 2.24) is 4.72 Å². The lowest BCUT2D eigenvalue weighted by Crippen LogP contribution is -2.36. The molecule has 4 nitrogen and oxygen atoms in total. The zero-order valence-corrected chi connectivity index (χ0v) is 19.0. The summed E-state index contributed by atoms with van der Waals surface area (Å²) < 4.78 is 30.2. The highest BCUT2D eigenvalue weighted by atomic mass is 32.2. The van der Waals surface area contributed by atoms with Crippen LogP contribution in [-0.4, -0.2) is 8.42 Å². The minimum Gasteiger partial charge on any atom is -0.322 e. The molecule has 0 bridgehead atoms. The molecule has 0 aliphatic heterocycles. The van der Waals surface area contributed by atoms with E-state index in [1.807, 2.05) is 95.3 Å². The van der Waals surface area contributed by atoms with Crippen molar-refractivity contribution in [3.63, 3.8) is 0 Å². The van der Waals surface area contributed by atoms with Gasteiger partial charge >= 0.3 is 0 Å². The number of sulfonamides is 1. The molecular formula is C25H30N2O2S. The predicted molar refractivity (Wildman–Crippen MR) is 123 cm³/mol. The molecule has 3 aromatic rings. The topological polar surface area (TPSA) is 72.2 Å². The average Bonchev–Trinajstić information content (AvgIpc) is 2.75. The van der Waals surface area contributed by atoms with Crippen molar-refractivity contribution in [2.45, 2.75) is 51.6 Å². The average molecular weight is 423 g/mol. The lowest BCUT2D eigenvalue weighted by atomic mass is 9.95. The van der Waals surface area contributed by atoms with E-state index in [-0.39, 0.29) is 0 Å². The predicted octanol–water partition coefficient (Wildman–Crippen LogP) is 4.95. The van der Waals surface area contributed by atoms with Crippen molar-refractivity contribution >= 4 is 10.0 Å². The molecule has 158 valence electrons. The normalized spacial score (nSPS) is 13.8. The van der Waals surface area contributed by atoms with Gasteiger partial charge in [0.15, 0.2) is 0 Å². The zero-order valence-electron chi connectivity index (χ0n) is 18.2. The summed E-state index contributed by atoms with van der Waals surface area (Å²) in [6, 6.07) is 18.0. The highest BCUT2D eigenvalue weighted by Gasteiger charge is 2.30. The van der Waals surface area contributed by atoms with Gasteiger partial charge in [0.2, 0.25) is 10.0 Å². The van der Waals surface area contributed by atoms with Crippen LogP contribution in [0.5, 0.6) is 0 Å². The first kappa shape index (κ1) is 22.2. The number of hydrogen-bond acceptors (Lipinski definition) is 3. The zero-order chi connectivity index (χ0) is 22.1. The molecule has 0 spiro atoms. The third-order valence-electron chi connectivity index (χ3n) is 6.18. The first-order chi connectivity index (χ1) is 14.1. The van der Waals surface area contributed by atoms with Crippen LogP contribution >= 0.6 is 0 Å². The first-order valence-corrected chi connectivity index (χ1v) is 11.6. The summed E-state index contributed by atoms with van der Waals surface area (Å²) >= 11 is 0. The van der Waals surface area contributed by atoms with E-state index < -0.39 is 22.1 Å². The van der Waals surface area contributed by atoms with Gasteiger partial charge in [-0.2, -0.15) is 0 Å². The second-order valence-electron chi connectivity index (χ2n) is 7.90. The maximum absolute atomic E-state index is 13.6. The third kappa shape index (κ3) is 4.19. The molecule has 0 amide bonds. The van der Waals surface area contributed by atoms with Crippen molar-refractivity contribution in [1.29, 1.82) is 0 Å². The van der Waals surface area contributed by atoms with Crippen molar-refractivity contribution in [2.24, 2.45) is 5.73 Å². The van der Waals surface area contributed by atoms with E-state index in [2.05, 4.69) is 4.72 Å². The third-order valence-corrected chi connectivity index (χ3v) is 7.90. The Bertz CT molecular complexity index is 1110. The summed E-state index contributed by atoms with van der Waals surface area (Å²) in [6.45, 7) is 9.73. The van der Waals surface area contributed by atoms with Crippen LogP contribution in [0, 0.1) is 34.6 Å². The fourth-order valence-electron chi connectivity index (χ4n) is 3.97. The van der Waals surface area contributed by atoms with E-state index in [4.69, 9.17) is 5.73 Å². The summed E-state index contributed by atoms with van der Waals surface area (Å²) in [5.74, 6) is 0. The summed E-state index contributed by atoms with van der Waals surface area (Å²) in [7, 11) is -3.81. The number of rotatable bonds is 6. The van der Waals surface area contributed by atoms with Gasteiger partial charge in [-0.25, -0.2) is 13.1 Å². The van der Waals surface area contributed by atoms with Crippen LogP contribution in [0.2, 0.25) is 0 Å². The smallest absolute Gasteiger partial charge is 0.241 e. The highest BCUT2D eigenvalue weighted by Crippen LogP contribution is 2.33. The van der Waals surface area contributed by atoms with Crippen molar-refractivity contribution in [2.75, 3.05) is 0 Å². The number of benzene rings is 3. The second kappa shape index (κ2) is 8.72. The molecule has 0 fully saturated rings. The quantitative estimate of drug-likeness (QED) is 0.590. The van der Waals surface area contributed by atoms with E-state index in [0.717, 1.165) is 38.9 Å². The monoisotopic (exact) mass is 422 g/mol. The molecule has 0 radical (unpaired) electrons. The van der Waals surface area contributed by atoms with E-state index >= 15 is 0 Å². The summed E-state index contributed by atoms with van der Waals surface area (Å²) in [4.78, 5) is 0.351. The van der Waals surface area contributed by atoms with Crippen LogP contribution in [0.25, 0.3) is 0 Å². The van der Waals surface area contributed by atoms with Crippen LogP contribution in [-0.2, 0) is 10.0 Å². The molecule has 0 saturated heterocycles. The Hall–Kier alpha value is -2.47. The molecule has 2 atom stereocenters. The van der Waals surface area contributed by atoms with Crippen LogP contribution < -0.4 is 10.5 Å². The lowest BCUT2D eigenvalue weighted by Gasteiger charge is -2.27. The molecule has 0 aliphatic carbocycles. The Morgan fingerprint density at radius 3 is 1.53 bits per heavy atom. The van der Waals surface area contributed by atoms with Gasteiger partial charge in [-0.3, -0.25) is 0 Å². The molecule has 3 N–H and O–H groups in total. The summed E-state index contributed by atoms with van der Waals surface area (Å²) in [5, 5.41) is 0. The molecule has 0 aromatic heterocycles. The first-order valence-electron chi connectivity index (χ1n) is 10.1. The van der Waals surface area contributed by atoms with Crippen molar-refractivity contribution in [3.8, 4) is 0 Å². The van der Waals surface area contributed by atoms with Crippen LogP contribution in [0.3, 0.4) is 0 Å². The maximum atomic E-state index is 13.6. The van der Waals surface area contributed by atoms with E-state index in [1.165, 1.54) is 0 Å². The molecule has 3 aromatic carbocycles. The Balaban J connectivity index is 2.12. The molecule has 0 heterocycles. The molecule has 0 saturated carbocycles. The van der Waals surface area contributed by atoms with Gasteiger partial charge in [-0.1, -0.05) is 60.7 Å². The minimum absolute atomic E-state index is 0.351. The van der Waals surface area contributed by atoms with Gasteiger partial charge in [0, 0.05) is 0 Å². The Labute approximate surface area is 180 Å². The second-order valence-corrected chi connectivity index (χ2v) is 9.55. The van der Waals surface area contributed by atoms with Gasteiger partial charge in [-0.15, -0.1) is 0 Å². The SMILES string of the molecule is Cc1c(C)c(C)c(S(=O)(=O)NC(c2ccccc2)C(N)c2ccccc2)c(C)c1C. The number of nitrogens with two attached hydrogens (primary N) is 1. The van der Waals surface area contributed by atoms with Crippen molar-refractivity contribution in [3.05, 3.63) is 99.6 Å². The Morgan fingerprint density at radius 1 is 0.667 bits per heavy atom. The Morgan fingerprint density at radius 2 is 1.07 bits per heavy atom. The van der Waals surface area contributed by atoms with Gasteiger partial charge in [-0.05, 0) is 73.6 Å². The molecule has 3 rings (SSSR count). The maximum Gasteiger partial charge on any atom is 0.241 e. The summed E-state index contributed by atoms with van der Waals surface area (Å²) in [6.07, 6.45) is 0. The molecule has 2 unspecified atom stereocenters. The van der Waals surface area contributed by atoms with Gasteiger partial charge < -0.3 is 5.73 Å². The van der Waals surface area contributed by atoms with E-state index in [1.54, 1.807) is 0 Å². The standard InChI is InChI=1S/C25H30N2O2S/c1-16-17(2)19(4)25(20(5)18(16)3)30(28,29)27-24(22-14-10-7-11-15-22)23(26)21-12-8-6-9-13-21/h6-15,23-24,27H,26H2,1-5H3. The fourth-order valence-corrected chi connectivity index (χ4v) is 5.82. The molecule has 0 aliphatic rings. The summed E-state index contributed by atoms with van der Waals surface area (Å²) in [5.41, 5.74) is 13.0. The van der Waals surface area contributed by atoms with E-state index in [9.17, 15) is 8.42 Å². The largest absolute Gasteiger partial charge is 0.322 e. The molecular weight excluding hydrogens is 392 g/mol. The lowest BCUT2D eigenvalue weighted by molar-refractivity contribution is 0.503. The van der Waals surface area contributed by atoms with Crippen molar-refractivity contribution < 1.29 is 8.42 Å². The fraction of sp³-hybridized carbons (Fsp3) is 0.280. The highest BCUT2D eigenvalue weighted by molar-refractivity contribution is 7.89. The number of nitrogens with one attached hydrogen (secondary N) is 1. The Kier molecular flexibility index (Phi) is 6.46. The molecule has 5 heteroatoms. The van der Waals surface area contributed by atoms with Gasteiger partial charge in [0.25, 0.3) is 0 Å². The van der Waals surface area contributed by atoms with Gasteiger partial charge in [0.1, 0.15) is 0 Å². The van der Waals surface area contributed by atoms with Crippen LogP contribution in [0.15, 0.2) is 65.6 Å². The minimum atomic E-state index is -3.81. The van der Waals surface area contributed by atoms with Gasteiger partial charge in [0.05, 0.1) is 17.0 Å².